The van der Waals surface area contributed by atoms with E-state index in [1.54, 1.807) is 0 Å². The van der Waals surface area contributed by atoms with Crippen LogP contribution < -0.4 is 10.1 Å². The molecule has 0 unspecified atom stereocenters. The first-order valence-electron chi connectivity index (χ1n) is 5.37. The highest BCUT2D eigenvalue weighted by molar-refractivity contribution is 5.31. The zero-order chi connectivity index (χ0) is 14.0. The standard InChI is InChI=1S/C12H15F4NO/c1-11(2,3)17-7-8-5-4-6-9(10(8)13)18-12(14,15)16/h4-6,17H,7H2,1-3H3. The largest absolute Gasteiger partial charge is 0.573 e. The van der Waals surface area contributed by atoms with Crippen molar-refractivity contribution in [1.29, 1.82) is 0 Å². The molecule has 6 heteroatoms. The van der Waals surface area contributed by atoms with Crippen molar-refractivity contribution >= 4 is 0 Å². The van der Waals surface area contributed by atoms with Crippen LogP contribution in [0.4, 0.5) is 17.6 Å². The van der Waals surface area contributed by atoms with E-state index in [0.29, 0.717) is 0 Å². The maximum absolute atomic E-state index is 13.7. The van der Waals surface area contributed by atoms with Gasteiger partial charge < -0.3 is 10.1 Å². The van der Waals surface area contributed by atoms with Gasteiger partial charge in [0.25, 0.3) is 0 Å². The molecule has 1 aromatic rings. The van der Waals surface area contributed by atoms with Crippen molar-refractivity contribution in [3.63, 3.8) is 0 Å². The minimum absolute atomic E-state index is 0.129. The van der Waals surface area contributed by atoms with Gasteiger partial charge in [0.15, 0.2) is 11.6 Å². The van der Waals surface area contributed by atoms with Crippen LogP contribution in [0, 0.1) is 5.82 Å². The van der Waals surface area contributed by atoms with E-state index in [0.717, 1.165) is 6.07 Å². The maximum atomic E-state index is 13.7. The van der Waals surface area contributed by atoms with Gasteiger partial charge in [-0.2, -0.15) is 0 Å². The van der Waals surface area contributed by atoms with Crippen molar-refractivity contribution in [2.45, 2.75) is 39.2 Å². The average Bonchev–Trinajstić information content (AvgIpc) is 2.16. The van der Waals surface area contributed by atoms with Crippen molar-refractivity contribution in [2.75, 3.05) is 0 Å². The summed E-state index contributed by atoms with van der Waals surface area (Å²) in [7, 11) is 0. The Labute approximate surface area is 103 Å². The summed E-state index contributed by atoms with van der Waals surface area (Å²) in [4.78, 5) is 0. The topological polar surface area (TPSA) is 21.3 Å². The van der Waals surface area contributed by atoms with Crippen LogP contribution in [-0.2, 0) is 6.54 Å². The van der Waals surface area contributed by atoms with Gasteiger partial charge >= 0.3 is 6.36 Å². The molecule has 0 bridgehead atoms. The second-order valence-corrected chi connectivity index (χ2v) is 4.88. The van der Waals surface area contributed by atoms with Crippen molar-refractivity contribution in [3.8, 4) is 5.75 Å². The van der Waals surface area contributed by atoms with Crippen LogP contribution >= 0.6 is 0 Å². The Kier molecular flexibility index (Phi) is 4.21. The van der Waals surface area contributed by atoms with Crippen LogP contribution in [-0.4, -0.2) is 11.9 Å². The van der Waals surface area contributed by atoms with Gasteiger partial charge in [0, 0.05) is 17.6 Å². The number of hydrogen-bond donors (Lipinski definition) is 1. The molecule has 0 aromatic heterocycles. The van der Waals surface area contributed by atoms with Crippen LogP contribution in [0.3, 0.4) is 0 Å². The van der Waals surface area contributed by atoms with Crippen LogP contribution in [0.1, 0.15) is 26.3 Å². The van der Waals surface area contributed by atoms with Crippen molar-refractivity contribution in [2.24, 2.45) is 0 Å². The molecule has 1 N–H and O–H groups in total. The maximum Gasteiger partial charge on any atom is 0.573 e. The zero-order valence-electron chi connectivity index (χ0n) is 10.4. The first-order chi connectivity index (χ1) is 8.08. The third kappa shape index (κ3) is 4.91. The number of ether oxygens (including phenoxy) is 1. The third-order valence-electron chi connectivity index (χ3n) is 2.08. The van der Waals surface area contributed by atoms with Gasteiger partial charge in [-0.1, -0.05) is 12.1 Å². The number of nitrogens with one attached hydrogen (secondary N) is 1. The van der Waals surface area contributed by atoms with E-state index in [-0.39, 0.29) is 17.6 Å². The molecule has 0 spiro atoms. The van der Waals surface area contributed by atoms with Crippen molar-refractivity contribution < 1.29 is 22.3 Å². The van der Waals surface area contributed by atoms with Crippen molar-refractivity contribution in [1.82, 2.24) is 5.32 Å². The van der Waals surface area contributed by atoms with Crippen LogP contribution in [0.5, 0.6) is 5.75 Å². The van der Waals surface area contributed by atoms with Gasteiger partial charge in [-0.3, -0.25) is 0 Å². The molecule has 0 aliphatic carbocycles. The predicted octanol–water partition coefficient (Wildman–Crippen LogP) is 3.61. The summed E-state index contributed by atoms with van der Waals surface area (Å²) in [6, 6.07) is 3.69. The number of halogens is 4. The third-order valence-corrected chi connectivity index (χ3v) is 2.08. The molecule has 18 heavy (non-hydrogen) atoms. The molecule has 1 rings (SSSR count). The summed E-state index contributed by atoms with van der Waals surface area (Å²) in [5.74, 6) is -1.80. The molecular formula is C12H15F4NO. The molecule has 0 atom stereocenters. The molecule has 0 amide bonds. The summed E-state index contributed by atoms with van der Waals surface area (Å²) >= 11 is 0. The van der Waals surface area contributed by atoms with Crippen LogP contribution in [0.25, 0.3) is 0 Å². The van der Waals surface area contributed by atoms with Gasteiger partial charge in [0.1, 0.15) is 0 Å². The summed E-state index contributed by atoms with van der Waals surface area (Å²) in [5, 5.41) is 2.99. The number of rotatable bonds is 3. The summed E-state index contributed by atoms with van der Waals surface area (Å²) < 4.78 is 53.4. The quantitative estimate of drug-likeness (QED) is 0.843. The highest BCUT2D eigenvalue weighted by atomic mass is 19.4. The summed E-state index contributed by atoms with van der Waals surface area (Å²) in [6.45, 7) is 5.76. The zero-order valence-corrected chi connectivity index (χ0v) is 10.4. The molecule has 0 fully saturated rings. The Bertz CT molecular complexity index is 410. The van der Waals surface area contributed by atoms with E-state index in [9.17, 15) is 17.6 Å². The smallest absolute Gasteiger partial charge is 0.403 e. The van der Waals surface area contributed by atoms with Crippen molar-refractivity contribution in [3.05, 3.63) is 29.6 Å². The van der Waals surface area contributed by atoms with E-state index in [2.05, 4.69) is 10.1 Å². The second-order valence-electron chi connectivity index (χ2n) is 4.88. The molecule has 0 saturated carbocycles. The normalized spacial score (nSPS) is 12.6. The first-order valence-corrected chi connectivity index (χ1v) is 5.37. The van der Waals surface area contributed by atoms with E-state index < -0.39 is 17.9 Å². The molecule has 0 radical (unpaired) electrons. The minimum atomic E-state index is -4.89. The van der Waals surface area contributed by atoms with Crippen LogP contribution in [0.2, 0.25) is 0 Å². The Hall–Kier alpha value is -1.30. The highest BCUT2D eigenvalue weighted by Gasteiger charge is 2.32. The Balaban J connectivity index is 2.85. The summed E-state index contributed by atoms with van der Waals surface area (Å²) in [5.41, 5.74) is -0.125. The first kappa shape index (κ1) is 14.8. The van der Waals surface area contributed by atoms with Gasteiger partial charge in [0.2, 0.25) is 0 Å². The lowest BCUT2D eigenvalue weighted by Crippen LogP contribution is -2.35. The highest BCUT2D eigenvalue weighted by Crippen LogP contribution is 2.27. The monoisotopic (exact) mass is 265 g/mol. The average molecular weight is 265 g/mol. The van der Waals surface area contributed by atoms with Crippen LogP contribution in [0.15, 0.2) is 18.2 Å². The summed E-state index contributed by atoms with van der Waals surface area (Å²) in [6.07, 6.45) is -4.89. The molecule has 102 valence electrons. The van der Waals surface area contributed by atoms with Gasteiger partial charge in [0.05, 0.1) is 0 Å². The van der Waals surface area contributed by atoms with E-state index in [4.69, 9.17) is 0 Å². The Morgan fingerprint density at radius 1 is 1.17 bits per heavy atom. The lowest BCUT2D eigenvalue weighted by Gasteiger charge is -2.21. The minimum Gasteiger partial charge on any atom is -0.403 e. The second kappa shape index (κ2) is 5.14. The predicted molar refractivity (Wildman–Crippen MR) is 59.7 cm³/mol. The van der Waals surface area contributed by atoms with E-state index in [1.807, 2.05) is 20.8 Å². The van der Waals surface area contributed by atoms with E-state index >= 15 is 0 Å². The van der Waals surface area contributed by atoms with Gasteiger partial charge in [-0.25, -0.2) is 4.39 Å². The molecule has 2 nitrogen and oxygen atoms in total. The molecule has 0 aliphatic rings. The van der Waals surface area contributed by atoms with Gasteiger partial charge in [-0.15, -0.1) is 13.2 Å². The molecule has 0 aliphatic heterocycles. The van der Waals surface area contributed by atoms with E-state index in [1.165, 1.54) is 12.1 Å². The number of benzene rings is 1. The Morgan fingerprint density at radius 2 is 1.78 bits per heavy atom. The molecule has 0 saturated heterocycles. The fourth-order valence-corrected chi connectivity index (χ4v) is 1.26. The molecule has 0 heterocycles. The SMILES string of the molecule is CC(C)(C)NCc1cccc(OC(F)(F)F)c1F. The molecule has 1 aromatic carbocycles. The lowest BCUT2D eigenvalue weighted by atomic mass is 10.1. The number of hydrogen-bond acceptors (Lipinski definition) is 2. The lowest BCUT2D eigenvalue weighted by molar-refractivity contribution is -0.275. The number of alkyl halides is 3. The molecular weight excluding hydrogens is 250 g/mol. The fraction of sp³-hybridized carbons (Fsp3) is 0.500. The fourth-order valence-electron chi connectivity index (χ4n) is 1.26. The Morgan fingerprint density at radius 3 is 2.28 bits per heavy atom. The van der Waals surface area contributed by atoms with Gasteiger partial charge in [-0.05, 0) is 26.8 Å².